The third kappa shape index (κ3) is 5.62. The van der Waals surface area contributed by atoms with Gasteiger partial charge in [-0.05, 0) is 29.8 Å². The maximum atomic E-state index is 6.00. The van der Waals surface area contributed by atoms with Crippen LogP contribution < -0.4 is 20.3 Å². The molecule has 0 saturated carbocycles. The quantitative estimate of drug-likeness (QED) is 0.533. The molecule has 4 nitrogen and oxygen atoms in total. The van der Waals surface area contributed by atoms with Gasteiger partial charge in [-0.15, -0.1) is 0 Å². The number of hydrogen-bond donors (Lipinski definition) is 2. The van der Waals surface area contributed by atoms with Gasteiger partial charge in [0.1, 0.15) is 6.61 Å². The number of benzene rings is 3. The highest BCUT2D eigenvalue weighted by atomic mass is 16.5. The molecule has 0 atom stereocenters. The minimum Gasteiger partial charge on any atom is -0.493 e. The van der Waals surface area contributed by atoms with Gasteiger partial charge in [0.15, 0.2) is 11.5 Å². The number of para-hydroxylation sites is 2. The summed E-state index contributed by atoms with van der Waals surface area (Å²) in [6.07, 6.45) is 4.05. The monoisotopic (exact) mass is 360 g/mol. The minimum absolute atomic E-state index is 0.467. The molecule has 0 aromatic heterocycles. The van der Waals surface area contributed by atoms with Gasteiger partial charge < -0.3 is 14.9 Å². The normalized spacial score (nSPS) is 10.7. The second-order valence-electron chi connectivity index (χ2n) is 5.92. The largest absolute Gasteiger partial charge is 0.493 e. The summed E-state index contributed by atoms with van der Waals surface area (Å²) in [4.78, 5) is 0. The van der Waals surface area contributed by atoms with Gasteiger partial charge in [0, 0.05) is 17.8 Å². The van der Waals surface area contributed by atoms with Gasteiger partial charge in [-0.25, -0.2) is 5.43 Å². The molecular formula is C23H24N2O2. The topological polar surface area (TPSA) is 42.5 Å². The zero-order valence-electron chi connectivity index (χ0n) is 15.4. The molecule has 4 heteroatoms. The fraction of sp³-hybridized carbons (Fsp3) is 0.130. The van der Waals surface area contributed by atoms with Crippen LogP contribution in [0.5, 0.6) is 11.5 Å². The van der Waals surface area contributed by atoms with E-state index in [4.69, 9.17) is 9.47 Å². The summed E-state index contributed by atoms with van der Waals surface area (Å²) in [7, 11) is 1.65. The summed E-state index contributed by atoms with van der Waals surface area (Å²) < 4.78 is 11.5. The predicted molar refractivity (Wildman–Crippen MR) is 111 cm³/mol. The first-order valence-corrected chi connectivity index (χ1v) is 8.91. The lowest BCUT2D eigenvalue weighted by Crippen LogP contribution is -2.21. The van der Waals surface area contributed by atoms with Crippen LogP contribution in [-0.4, -0.2) is 13.7 Å². The average Bonchev–Trinajstić information content (AvgIpc) is 2.73. The third-order valence-electron chi connectivity index (χ3n) is 4.00. The molecule has 138 valence electrons. The number of hydrogen-bond acceptors (Lipinski definition) is 4. The molecule has 0 fully saturated rings. The summed E-state index contributed by atoms with van der Waals surface area (Å²) in [5.41, 5.74) is 9.58. The molecule has 2 N–H and O–H groups in total. The number of hydrazine groups is 1. The van der Waals surface area contributed by atoms with Crippen LogP contribution in [0.15, 0.2) is 84.9 Å². The number of ether oxygens (including phenoxy) is 2. The first-order valence-electron chi connectivity index (χ1n) is 8.91. The molecule has 0 radical (unpaired) electrons. The van der Waals surface area contributed by atoms with Crippen molar-refractivity contribution in [2.75, 3.05) is 19.1 Å². The van der Waals surface area contributed by atoms with Crippen molar-refractivity contribution in [3.63, 3.8) is 0 Å². The number of methoxy groups -OCH3 is 1. The Labute approximate surface area is 160 Å². The minimum atomic E-state index is 0.467. The first kappa shape index (κ1) is 18.5. The zero-order chi connectivity index (χ0) is 18.7. The van der Waals surface area contributed by atoms with E-state index in [0.29, 0.717) is 13.2 Å². The van der Waals surface area contributed by atoms with Crippen molar-refractivity contribution in [3.8, 4) is 11.5 Å². The van der Waals surface area contributed by atoms with Crippen LogP contribution in [-0.2, 0) is 6.54 Å². The third-order valence-corrected chi connectivity index (χ3v) is 4.00. The summed E-state index contributed by atoms with van der Waals surface area (Å²) in [6.45, 7) is 1.07. The molecule has 0 heterocycles. The highest BCUT2D eigenvalue weighted by Gasteiger charge is 2.10. The SMILES string of the molecule is COc1cccc(CNNc2ccccc2)c1OCC=Cc1ccccc1. The summed E-state index contributed by atoms with van der Waals surface area (Å²) >= 11 is 0. The Balaban J connectivity index is 1.61. The lowest BCUT2D eigenvalue weighted by atomic mass is 10.2. The number of nitrogens with one attached hydrogen (secondary N) is 2. The zero-order valence-corrected chi connectivity index (χ0v) is 15.4. The second-order valence-corrected chi connectivity index (χ2v) is 5.92. The molecule has 0 saturated heterocycles. The maximum absolute atomic E-state index is 6.00. The Kier molecular flexibility index (Phi) is 6.90. The number of rotatable bonds is 9. The highest BCUT2D eigenvalue weighted by molar-refractivity contribution is 5.50. The van der Waals surface area contributed by atoms with E-state index < -0.39 is 0 Å². The molecule has 3 aromatic rings. The van der Waals surface area contributed by atoms with Crippen molar-refractivity contribution in [1.29, 1.82) is 0 Å². The lowest BCUT2D eigenvalue weighted by Gasteiger charge is -2.15. The van der Waals surface area contributed by atoms with Gasteiger partial charge in [-0.3, -0.25) is 0 Å². The van der Waals surface area contributed by atoms with Gasteiger partial charge in [0.2, 0.25) is 0 Å². The first-order chi connectivity index (χ1) is 13.4. The van der Waals surface area contributed by atoms with E-state index in [1.54, 1.807) is 7.11 Å². The van der Waals surface area contributed by atoms with Gasteiger partial charge in [-0.1, -0.05) is 66.7 Å². The van der Waals surface area contributed by atoms with Crippen LogP contribution in [0.1, 0.15) is 11.1 Å². The van der Waals surface area contributed by atoms with Crippen LogP contribution in [0.3, 0.4) is 0 Å². The fourth-order valence-electron chi connectivity index (χ4n) is 2.67. The lowest BCUT2D eigenvalue weighted by molar-refractivity contribution is 0.322. The highest BCUT2D eigenvalue weighted by Crippen LogP contribution is 2.31. The molecule has 0 aliphatic carbocycles. The molecule has 0 amide bonds. The van der Waals surface area contributed by atoms with E-state index in [9.17, 15) is 0 Å². The molecular weight excluding hydrogens is 336 g/mol. The van der Waals surface area contributed by atoms with E-state index in [1.165, 1.54) is 0 Å². The average molecular weight is 360 g/mol. The van der Waals surface area contributed by atoms with Crippen molar-refractivity contribution < 1.29 is 9.47 Å². The van der Waals surface area contributed by atoms with Crippen LogP contribution in [0.4, 0.5) is 5.69 Å². The van der Waals surface area contributed by atoms with Crippen molar-refractivity contribution in [3.05, 3.63) is 96.1 Å². The van der Waals surface area contributed by atoms with Crippen molar-refractivity contribution in [2.24, 2.45) is 0 Å². The molecule has 0 aliphatic heterocycles. The smallest absolute Gasteiger partial charge is 0.166 e. The van der Waals surface area contributed by atoms with E-state index in [-0.39, 0.29) is 0 Å². The molecule has 0 aliphatic rings. The van der Waals surface area contributed by atoms with Crippen molar-refractivity contribution in [1.82, 2.24) is 5.43 Å². The van der Waals surface area contributed by atoms with Gasteiger partial charge in [0.25, 0.3) is 0 Å². The Morgan fingerprint density at radius 3 is 2.33 bits per heavy atom. The number of anilines is 1. The molecule has 3 aromatic carbocycles. The van der Waals surface area contributed by atoms with Crippen LogP contribution >= 0.6 is 0 Å². The molecule has 3 rings (SSSR count). The van der Waals surface area contributed by atoms with Crippen LogP contribution in [0.2, 0.25) is 0 Å². The summed E-state index contributed by atoms with van der Waals surface area (Å²) in [6, 6.07) is 26.0. The molecule has 0 bridgehead atoms. The Bertz CT molecular complexity index is 849. The van der Waals surface area contributed by atoms with Crippen molar-refractivity contribution >= 4 is 11.8 Å². The van der Waals surface area contributed by atoms with E-state index in [2.05, 4.69) is 23.0 Å². The van der Waals surface area contributed by atoms with E-state index in [1.807, 2.05) is 78.9 Å². The maximum Gasteiger partial charge on any atom is 0.166 e. The van der Waals surface area contributed by atoms with E-state index in [0.717, 1.165) is 28.3 Å². The standard InChI is InChI=1S/C23H24N2O2/c1-26-22-16-8-13-20(18-24-25-21-14-6-3-7-15-21)23(22)27-17-9-12-19-10-4-2-5-11-19/h2-16,24-25H,17-18H2,1H3. The van der Waals surface area contributed by atoms with Crippen LogP contribution in [0, 0.1) is 0 Å². The van der Waals surface area contributed by atoms with Crippen molar-refractivity contribution in [2.45, 2.75) is 6.54 Å². The Morgan fingerprint density at radius 1 is 0.852 bits per heavy atom. The van der Waals surface area contributed by atoms with Gasteiger partial charge in [-0.2, -0.15) is 0 Å². The molecule has 27 heavy (non-hydrogen) atoms. The van der Waals surface area contributed by atoms with Crippen LogP contribution in [0.25, 0.3) is 6.08 Å². The fourth-order valence-corrected chi connectivity index (χ4v) is 2.67. The Morgan fingerprint density at radius 2 is 1.59 bits per heavy atom. The Hall–Kier alpha value is -3.24. The molecule has 0 spiro atoms. The van der Waals surface area contributed by atoms with Gasteiger partial charge in [0.05, 0.1) is 7.11 Å². The van der Waals surface area contributed by atoms with E-state index >= 15 is 0 Å². The second kappa shape index (κ2) is 10.0. The predicted octanol–water partition coefficient (Wildman–Crippen LogP) is 4.90. The van der Waals surface area contributed by atoms with Gasteiger partial charge >= 0.3 is 0 Å². The summed E-state index contributed by atoms with van der Waals surface area (Å²) in [5, 5.41) is 0. The molecule has 0 unspecified atom stereocenters. The summed E-state index contributed by atoms with van der Waals surface area (Å²) in [5.74, 6) is 1.47.